The van der Waals surface area contributed by atoms with E-state index in [1.807, 2.05) is 6.07 Å². The van der Waals surface area contributed by atoms with Crippen LogP contribution < -0.4 is 5.32 Å². The van der Waals surface area contributed by atoms with E-state index < -0.39 is 0 Å². The highest BCUT2D eigenvalue weighted by atomic mass is 15.2. The van der Waals surface area contributed by atoms with Gasteiger partial charge in [0.25, 0.3) is 0 Å². The predicted octanol–water partition coefficient (Wildman–Crippen LogP) is 15.8. The smallest absolute Gasteiger partial charge is 0.138 e. The molecule has 0 spiro atoms. The lowest BCUT2D eigenvalue weighted by molar-refractivity contribution is 0.590. The van der Waals surface area contributed by atoms with E-state index in [1.165, 1.54) is 59.7 Å². The largest absolute Gasteiger partial charge is 0.361 e. The Labute approximate surface area is 402 Å². The number of nitrogens with one attached hydrogen (secondary N) is 1. The van der Waals surface area contributed by atoms with Gasteiger partial charge in [0.05, 0.1) is 49.8 Å². The Balaban J connectivity index is 0.939. The van der Waals surface area contributed by atoms with Gasteiger partial charge in [-0.2, -0.15) is 0 Å². The van der Waals surface area contributed by atoms with Crippen LogP contribution in [-0.4, -0.2) is 23.3 Å². The monoisotopic (exact) mass is 894 g/mol. The standard InChI is InChI=1S/C64H42N6/c1-3-18-41(19-4-1)52-28-16-34-61(65-52)69-55-31-12-9-26-47(55)51-39-59-50(40-60(51)69)46-25-8-11-30-54(46)68(59)44-23-15-22-43(38-44)67-57-33-14-10-27-49(57)63-58(67)37-36-48-45-24-7-13-32-56(45)70(64(48)63)62-35-17-29-53(66-62)42-20-5-2-6-21-42/h1-40,62,66H. The number of pyridine rings is 1. The second-order valence-electron chi connectivity index (χ2n) is 18.4. The molecule has 14 aromatic rings. The van der Waals surface area contributed by atoms with Crippen LogP contribution in [0.2, 0.25) is 0 Å². The second-order valence-corrected chi connectivity index (χ2v) is 18.4. The number of dihydropyridines is 1. The van der Waals surface area contributed by atoms with Crippen LogP contribution >= 0.6 is 0 Å². The molecule has 6 heteroatoms. The summed E-state index contributed by atoms with van der Waals surface area (Å²) >= 11 is 0. The molecule has 0 saturated heterocycles. The Hall–Kier alpha value is -9.39. The summed E-state index contributed by atoms with van der Waals surface area (Å²) in [6.07, 6.45) is 6.54. The molecule has 1 aliphatic heterocycles. The summed E-state index contributed by atoms with van der Waals surface area (Å²) in [6, 6.07) is 81.2. The van der Waals surface area contributed by atoms with Gasteiger partial charge in [-0.05, 0) is 90.5 Å². The lowest BCUT2D eigenvalue weighted by Crippen LogP contribution is -2.25. The summed E-state index contributed by atoms with van der Waals surface area (Å²) in [5.41, 5.74) is 15.8. The molecule has 5 aromatic heterocycles. The van der Waals surface area contributed by atoms with Crippen molar-refractivity contribution in [2.45, 2.75) is 6.17 Å². The Morgan fingerprint density at radius 2 is 0.914 bits per heavy atom. The van der Waals surface area contributed by atoms with Gasteiger partial charge in [0.2, 0.25) is 0 Å². The van der Waals surface area contributed by atoms with E-state index in [1.54, 1.807) is 0 Å². The van der Waals surface area contributed by atoms with Gasteiger partial charge in [-0.15, -0.1) is 0 Å². The first-order valence-electron chi connectivity index (χ1n) is 24.0. The topological polar surface area (TPSA) is 44.6 Å². The van der Waals surface area contributed by atoms with Gasteiger partial charge in [0.15, 0.2) is 0 Å². The molecule has 9 aromatic carbocycles. The van der Waals surface area contributed by atoms with Gasteiger partial charge in [-0.25, -0.2) is 4.98 Å². The maximum atomic E-state index is 5.27. The Bertz CT molecular complexity index is 4500. The number of rotatable bonds is 6. The van der Waals surface area contributed by atoms with Crippen LogP contribution in [0.15, 0.2) is 243 Å². The molecule has 0 saturated carbocycles. The molecule has 1 N–H and O–H groups in total. The van der Waals surface area contributed by atoms with Gasteiger partial charge in [0, 0.05) is 65.7 Å². The molecule has 70 heavy (non-hydrogen) atoms. The van der Waals surface area contributed by atoms with E-state index in [9.17, 15) is 0 Å². The zero-order valence-corrected chi connectivity index (χ0v) is 37.9. The van der Waals surface area contributed by atoms with Crippen LogP contribution in [0.5, 0.6) is 0 Å². The van der Waals surface area contributed by atoms with Crippen molar-refractivity contribution in [3.63, 3.8) is 0 Å². The molecule has 1 atom stereocenters. The first-order chi connectivity index (χ1) is 34.7. The highest BCUT2D eigenvalue weighted by Crippen LogP contribution is 2.44. The molecular formula is C64H42N6. The third kappa shape index (κ3) is 5.65. The molecule has 0 fully saturated rings. The Morgan fingerprint density at radius 3 is 1.61 bits per heavy atom. The number of fused-ring (bicyclic) bond motifs is 13. The highest BCUT2D eigenvalue weighted by Gasteiger charge is 2.25. The van der Waals surface area contributed by atoms with Crippen molar-refractivity contribution < 1.29 is 0 Å². The van der Waals surface area contributed by atoms with E-state index >= 15 is 0 Å². The van der Waals surface area contributed by atoms with Gasteiger partial charge < -0.3 is 19.0 Å². The summed E-state index contributed by atoms with van der Waals surface area (Å²) in [5.74, 6) is 0.896. The number of para-hydroxylation sites is 4. The average Bonchev–Trinajstić information content (AvgIpc) is 4.16. The fraction of sp³-hybridized carbons (Fsp3) is 0.0156. The van der Waals surface area contributed by atoms with Crippen LogP contribution in [0, 0.1) is 0 Å². The van der Waals surface area contributed by atoms with Gasteiger partial charge in [-0.1, -0.05) is 158 Å². The molecule has 0 amide bonds. The fourth-order valence-corrected chi connectivity index (χ4v) is 11.6. The fourth-order valence-electron chi connectivity index (χ4n) is 11.6. The van der Waals surface area contributed by atoms with Crippen LogP contribution in [0.25, 0.3) is 121 Å². The number of hydrogen-bond donors (Lipinski definition) is 1. The van der Waals surface area contributed by atoms with Crippen molar-refractivity contribution in [2.24, 2.45) is 0 Å². The second kappa shape index (κ2) is 15.1. The van der Waals surface area contributed by atoms with Gasteiger partial charge in [0.1, 0.15) is 12.0 Å². The van der Waals surface area contributed by atoms with E-state index in [2.05, 4.69) is 260 Å². The van der Waals surface area contributed by atoms with Crippen molar-refractivity contribution in [3.8, 4) is 28.5 Å². The molecule has 15 rings (SSSR count). The minimum absolute atomic E-state index is 0.106. The minimum Gasteiger partial charge on any atom is -0.361 e. The van der Waals surface area contributed by atoms with Crippen molar-refractivity contribution in [1.29, 1.82) is 0 Å². The molecule has 0 aliphatic carbocycles. The first kappa shape index (κ1) is 38.7. The lowest BCUT2D eigenvalue weighted by atomic mass is 10.1. The van der Waals surface area contributed by atoms with E-state index in [4.69, 9.17) is 4.98 Å². The van der Waals surface area contributed by atoms with Crippen molar-refractivity contribution in [2.75, 3.05) is 0 Å². The summed E-state index contributed by atoms with van der Waals surface area (Å²) < 4.78 is 9.77. The summed E-state index contributed by atoms with van der Waals surface area (Å²) in [5, 5.41) is 13.6. The number of hydrogen-bond acceptors (Lipinski definition) is 2. The SMILES string of the molecule is C1=CC(n2c3ccccc3c3ccc4c(c5ccccc5n4-c4cccc(-n5c6ccccc6c6cc7c(cc65)c5ccccc5n7-c5cccc(-c6ccccc6)n5)c4)c32)NC(c2ccccc2)=C1. The van der Waals surface area contributed by atoms with Crippen LogP contribution in [0.4, 0.5) is 0 Å². The Kier molecular flexibility index (Phi) is 8.32. The molecule has 328 valence electrons. The molecule has 0 bridgehead atoms. The predicted molar refractivity (Wildman–Crippen MR) is 291 cm³/mol. The summed E-state index contributed by atoms with van der Waals surface area (Å²) in [7, 11) is 0. The van der Waals surface area contributed by atoms with Crippen LogP contribution in [-0.2, 0) is 0 Å². The molecular weight excluding hydrogens is 853 g/mol. The number of aromatic nitrogens is 5. The van der Waals surface area contributed by atoms with Gasteiger partial charge >= 0.3 is 0 Å². The van der Waals surface area contributed by atoms with Crippen molar-refractivity contribution in [3.05, 3.63) is 248 Å². The molecule has 6 heterocycles. The maximum absolute atomic E-state index is 5.27. The van der Waals surface area contributed by atoms with Crippen LogP contribution in [0.1, 0.15) is 11.7 Å². The van der Waals surface area contributed by atoms with E-state index in [-0.39, 0.29) is 6.17 Å². The zero-order valence-electron chi connectivity index (χ0n) is 37.9. The van der Waals surface area contributed by atoms with E-state index in [0.717, 1.165) is 67.2 Å². The number of benzene rings is 9. The lowest BCUT2D eigenvalue weighted by Gasteiger charge is -2.25. The molecule has 1 unspecified atom stereocenters. The average molecular weight is 895 g/mol. The molecule has 6 nitrogen and oxygen atoms in total. The molecule has 0 radical (unpaired) electrons. The number of nitrogens with zero attached hydrogens (tertiary/aromatic N) is 5. The summed E-state index contributed by atoms with van der Waals surface area (Å²) in [6.45, 7) is 0. The minimum atomic E-state index is -0.106. The number of allylic oxidation sites excluding steroid dienone is 2. The van der Waals surface area contributed by atoms with Crippen LogP contribution in [0.3, 0.4) is 0 Å². The highest BCUT2D eigenvalue weighted by molar-refractivity contribution is 6.26. The third-order valence-electron chi connectivity index (χ3n) is 14.6. The normalized spacial score (nSPS) is 14.0. The first-order valence-corrected chi connectivity index (χ1v) is 24.0. The summed E-state index contributed by atoms with van der Waals surface area (Å²) in [4.78, 5) is 5.27. The Morgan fingerprint density at radius 1 is 0.371 bits per heavy atom. The van der Waals surface area contributed by atoms with E-state index in [0.29, 0.717) is 0 Å². The third-order valence-corrected chi connectivity index (χ3v) is 14.6. The van der Waals surface area contributed by atoms with Crippen molar-refractivity contribution >= 4 is 92.9 Å². The van der Waals surface area contributed by atoms with Crippen molar-refractivity contribution in [1.82, 2.24) is 28.6 Å². The maximum Gasteiger partial charge on any atom is 0.138 e. The van der Waals surface area contributed by atoms with Gasteiger partial charge in [-0.3, -0.25) is 4.57 Å². The quantitative estimate of drug-likeness (QED) is 0.181. The zero-order chi connectivity index (χ0) is 45.9. The molecule has 1 aliphatic rings.